The zero-order valence-corrected chi connectivity index (χ0v) is 12.1. The van der Waals surface area contributed by atoms with Gasteiger partial charge in [0.05, 0.1) is 5.56 Å². The molecule has 0 aromatic carbocycles. The van der Waals surface area contributed by atoms with Gasteiger partial charge >= 0.3 is 0 Å². The van der Waals surface area contributed by atoms with Crippen LogP contribution in [-0.4, -0.2) is 37.2 Å². The van der Waals surface area contributed by atoms with Gasteiger partial charge in [0.25, 0.3) is 0 Å². The Hall–Kier alpha value is -2.24. The number of aromatic nitrogens is 1. The van der Waals surface area contributed by atoms with Crippen LogP contribution in [0.5, 0.6) is 0 Å². The summed E-state index contributed by atoms with van der Waals surface area (Å²) in [6.07, 6.45) is 5.60. The van der Waals surface area contributed by atoms with E-state index < -0.39 is 6.80 Å². The second-order valence-corrected chi connectivity index (χ2v) is 5.01. The van der Waals surface area contributed by atoms with Gasteiger partial charge in [-0.05, 0) is 31.4 Å². The summed E-state index contributed by atoms with van der Waals surface area (Å²) in [6.45, 7) is 2.02. The first-order valence-electron chi connectivity index (χ1n) is 6.97. The maximum Gasteiger partial charge on any atom is 0.245 e. The first-order chi connectivity index (χ1) is 10.2. The van der Waals surface area contributed by atoms with E-state index in [2.05, 4.69) is 19.9 Å². The van der Waals surface area contributed by atoms with Crippen molar-refractivity contribution >= 4 is 17.6 Å². The summed E-state index contributed by atoms with van der Waals surface area (Å²) in [5, 5.41) is 0. The van der Waals surface area contributed by atoms with Gasteiger partial charge in [-0.1, -0.05) is 6.08 Å². The number of hydrogen-bond donors (Lipinski definition) is 0. The van der Waals surface area contributed by atoms with Crippen molar-refractivity contribution in [2.75, 3.05) is 25.3 Å². The molecule has 1 aromatic rings. The minimum atomic E-state index is -0.817. The molecule has 6 heteroatoms. The van der Waals surface area contributed by atoms with Crippen molar-refractivity contribution in [1.82, 2.24) is 4.98 Å². The van der Waals surface area contributed by atoms with Crippen LogP contribution in [0.4, 0.5) is 10.2 Å². The van der Waals surface area contributed by atoms with Gasteiger partial charge in [-0.2, -0.15) is 0 Å². The van der Waals surface area contributed by atoms with Gasteiger partial charge in [0, 0.05) is 19.8 Å². The Morgan fingerprint density at radius 1 is 1.52 bits per heavy atom. The van der Waals surface area contributed by atoms with E-state index in [0.29, 0.717) is 11.6 Å². The summed E-state index contributed by atoms with van der Waals surface area (Å²) >= 11 is 0. The molecule has 110 valence electrons. The molecule has 0 atom stereocenters. The first kappa shape index (κ1) is 13.7. The van der Waals surface area contributed by atoms with Crippen LogP contribution in [0.15, 0.2) is 34.0 Å². The number of fused-ring (bicyclic) bond motifs is 1. The highest BCUT2D eigenvalue weighted by Crippen LogP contribution is 2.26. The van der Waals surface area contributed by atoms with E-state index >= 15 is 0 Å². The molecule has 0 amide bonds. The molecule has 0 radical (unpaired) electrons. The molecule has 0 N–H and O–H groups in total. The van der Waals surface area contributed by atoms with Crippen LogP contribution in [0.3, 0.4) is 0 Å². The zero-order chi connectivity index (χ0) is 14.8. The van der Waals surface area contributed by atoms with E-state index in [-0.39, 0.29) is 5.90 Å². The van der Waals surface area contributed by atoms with Gasteiger partial charge in [0.1, 0.15) is 11.5 Å². The van der Waals surface area contributed by atoms with Crippen molar-refractivity contribution in [3.63, 3.8) is 0 Å². The van der Waals surface area contributed by atoms with Crippen molar-refractivity contribution < 1.29 is 9.13 Å². The summed E-state index contributed by atoms with van der Waals surface area (Å²) in [7, 11) is 2.04. The number of alkyl halides is 1. The minimum absolute atomic E-state index is 0.227. The molecule has 2 aliphatic heterocycles. The highest BCUT2D eigenvalue weighted by molar-refractivity contribution is 6.13. The molecule has 1 aromatic heterocycles. The summed E-state index contributed by atoms with van der Waals surface area (Å²) in [5.74, 6) is 1.66. The molecule has 0 bridgehead atoms. The van der Waals surface area contributed by atoms with Crippen molar-refractivity contribution in [1.29, 1.82) is 0 Å². The van der Waals surface area contributed by atoms with Crippen molar-refractivity contribution in [3.8, 4) is 0 Å². The van der Waals surface area contributed by atoms with Gasteiger partial charge in [0.15, 0.2) is 6.80 Å². The van der Waals surface area contributed by atoms with Crippen LogP contribution in [0.2, 0.25) is 0 Å². The van der Waals surface area contributed by atoms with E-state index in [1.165, 1.54) is 5.56 Å². The fourth-order valence-electron chi connectivity index (χ4n) is 2.56. The van der Waals surface area contributed by atoms with E-state index in [0.717, 1.165) is 30.8 Å². The lowest BCUT2D eigenvalue weighted by Crippen LogP contribution is -2.26. The maximum atomic E-state index is 12.4. The first-order valence-corrected chi connectivity index (χ1v) is 6.97. The topological polar surface area (TPSA) is 50.1 Å². The molecule has 0 aliphatic carbocycles. The van der Waals surface area contributed by atoms with Gasteiger partial charge in [-0.15, -0.1) is 0 Å². The number of pyridine rings is 1. The molecule has 0 fully saturated rings. The smallest absolute Gasteiger partial charge is 0.245 e. The highest BCUT2D eigenvalue weighted by Gasteiger charge is 2.24. The monoisotopic (exact) mass is 288 g/mol. The lowest BCUT2D eigenvalue weighted by atomic mass is 10.0. The van der Waals surface area contributed by atoms with Gasteiger partial charge in [-0.3, -0.25) is 0 Å². The molecule has 0 saturated carbocycles. The molecule has 0 spiro atoms. The summed E-state index contributed by atoms with van der Waals surface area (Å²) in [5.41, 5.74) is 2.54. The average Bonchev–Trinajstić information content (AvgIpc) is 2.91. The maximum absolute atomic E-state index is 12.4. The number of rotatable bonds is 2. The van der Waals surface area contributed by atoms with Gasteiger partial charge in [-0.25, -0.2) is 19.4 Å². The largest absolute Gasteiger partial charge is 0.418 e. The zero-order valence-electron chi connectivity index (χ0n) is 12.1. The molecule has 0 unspecified atom stereocenters. The van der Waals surface area contributed by atoms with E-state index in [4.69, 9.17) is 4.74 Å². The molecule has 3 heterocycles. The van der Waals surface area contributed by atoms with Crippen LogP contribution in [-0.2, 0) is 11.2 Å². The number of allylic oxidation sites excluding steroid dienone is 1. The Labute approximate surface area is 122 Å². The average molecular weight is 288 g/mol. The van der Waals surface area contributed by atoms with Crippen LogP contribution >= 0.6 is 0 Å². The SMILES string of the molecule is C/C=C1/N=C(c2cnc3c(c2)CCCN3C)O/C1=N/CF. The highest BCUT2D eigenvalue weighted by atomic mass is 19.1. The van der Waals surface area contributed by atoms with Crippen molar-refractivity contribution in [3.05, 3.63) is 35.2 Å². The van der Waals surface area contributed by atoms with E-state index in [9.17, 15) is 4.39 Å². The Morgan fingerprint density at radius 2 is 2.38 bits per heavy atom. The van der Waals surface area contributed by atoms with E-state index in [1.54, 1.807) is 12.3 Å². The van der Waals surface area contributed by atoms with Crippen molar-refractivity contribution in [2.45, 2.75) is 19.8 Å². The van der Waals surface area contributed by atoms with Gasteiger partial charge < -0.3 is 9.64 Å². The fraction of sp³-hybridized carbons (Fsp3) is 0.400. The van der Waals surface area contributed by atoms with Crippen LogP contribution in [0.25, 0.3) is 0 Å². The standard InChI is InChI=1S/C15H17FN4O/c1-3-12-15(18-9-16)21-14(19-12)11-7-10-5-4-6-20(2)13(10)17-8-11/h3,7-8H,4-6,9H2,1-2H3/b12-3+,18-15+. The van der Waals surface area contributed by atoms with Crippen LogP contribution in [0, 0.1) is 0 Å². The van der Waals surface area contributed by atoms with E-state index in [1.807, 2.05) is 20.0 Å². The number of hydrogen-bond acceptors (Lipinski definition) is 5. The molecule has 3 rings (SSSR count). The quantitative estimate of drug-likeness (QED) is 0.786. The van der Waals surface area contributed by atoms with Gasteiger partial charge in [0.2, 0.25) is 11.8 Å². The number of aryl methyl sites for hydroxylation is 1. The Bertz CT molecular complexity index is 651. The third-order valence-corrected chi connectivity index (χ3v) is 3.60. The fourth-order valence-corrected chi connectivity index (χ4v) is 2.56. The molecule has 2 aliphatic rings. The number of halogens is 1. The number of anilines is 1. The molecular weight excluding hydrogens is 271 g/mol. The minimum Gasteiger partial charge on any atom is -0.418 e. The predicted molar refractivity (Wildman–Crippen MR) is 80.6 cm³/mol. The summed E-state index contributed by atoms with van der Waals surface area (Å²) in [4.78, 5) is 14.7. The Balaban J connectivity index is 1.94. The number of nitrogens with zero attached hydrogens (tertiary/aromatic N) is 4. The normalized spacial score (nSPS) is 21.5. The third kappa shape index (κ3) is 2.53. The Kier molecular flexibility index (Phi) is 3.68. The number of aliphatic imine (C=N–C) groups is 2. The lowest BCUT2D eigenvalue weighted by molar-refractivity contribution is 0.491. The van der Waals surface area contributed by atoms with Crippen LogP contribution < -0.4 is 4.90 Å². The second kappa shape index (κ2) is 5.63. The predicted octanol–water partition coefficient (Wildman–Crippen LogP) is 2.47. The third-order valence-electron chi connectivity index (χ3n) is 3.60. The summed E-state index contributed by atoms with van der Waals surface area (Å²) < 4.78 is 17.9. The molecular formula is C15H17FN4O. The molecule has 5 nitrogen and oxygen atoms in total. The lowest BCUT2D eigenvalue weighted by Gasteiger charge is -2.26. The van der Waals surface area contributed by atoms with Crippen LogP contribution in [0.1, 0.15) is 24.5 Å². The second-order valence-electron chi connectivity index (χ2n) is 5.01. The molecule has 21 heavy (non-hydrogen) atoms. The number of ether oxygens (including phenoxy) is 1. The molecule has 0 saturated heterocycles. The van der Waals surface area contributed by atoms with Crippen molar-refractivity contribution in [2.24, 2.45) is 9.98 Å². The summed E-state index contributed by atoms with van der Waals surface area (Å²) in [6, 6.07) is 2.04. The Morgan fingerprint density at radius 3 is 3.14 bits per heavy atom.